The molecule has 0 aliphatic heterocycles. The van der Waals surface area contributed by atoms with Gasteiger partial charge < -0.3 is 14.6 Å². The molecule has 1 aromatic rings. The molecule has 1 N–H and O–H groups in total. The fraction of sp³-hybridized carbons (Fsp3) is 0.600. The van der Waals surface area contributed by atoms with Gasteiger partial charge in [0.15, 0.2) is 11.8 Å². The molecular weight excluding hydrogens is 299 g/mol. The Bertz CT molecular complexity index is 528. The zero-order valence-electron chi connectivity index (χ0n) is 11.0. The first-order chi connectivity index (χ1) is 9.70. The number of methoxy groups -OCH3 is 2. The summed E-state index contributed by atoms with van der Waals surface area (Å²) in [6, 6.07) is 0. The quantitative estimate of drug-likeness (QED) is 0.745. The van der Waals surface area contributed by atoms with Crippen LogP contribution in [0.4, 0.5) is 13.2 Å². The molecule has 0 saturated heterocycles. The number of alkyl halides is 3. The van der Waals surface area contributed by atoms with Crippen LogP contribution in [0.2, 0.25) is 0 Å². The highest BCUT2D eigenvalue weighted by Gasteiger charge is 2.39. The topological polar surface area (TPSA) is 104 Å². The van der Waals surface area contributed by atoms with Crippen LogP contribution < -0.4 is 0 Å². The van der Waals surface area contributed by atoms with Gasteiger partial charge in [0.05, 0.1) is 32.9 Å². The number of aliphatic hydroxyl groups excluding tert-OH is 1. The summed E-state index contributed by atoms with van der Waals surface area (Å²) >= 11 is 0. The third-order valence-electron chi connectivity index (χ3n) is 2.48. The molecule has 0 radical (unpaired) electrons. The molecule has 1 heterocycles. The van der Waals surface area contributed by atoms with Crippen molar-refractivity contribution >= 4 is 11.9 Å². The Kier molecular flexibility index (Phi) is 5.24. The maximum absolute atomic E-state index is 12.3. The standard InChI is InChI=1S/C10H12F3N3O5/c1-20-7(18)3-5-8(9(19)21-2)14-15-16(5)4-6(17)10(11,12)13/h6,17H,3-4H2,1-2H3. The van der Waals surface area contributed by atoms with Gasteiger partial charge in [0.2, 0.25) is 0 Å². The molecule has 0 aliphatic carbocycles. The van der Waals surface area contributed by atoms with Gasteiger partial charge in [-0.15, -0.1) is 5.10 Å². The highest BCUT2D eigenvalue weighted by molar-refractivity contribution is 5.89. The minimum atomic E-state index is -4.88. The summed E-state index contributed by atoms with van der Waals surface area (Å²) in [5.74, 6) is -1.79. The number of nitrogens with zero attached hydrogens (tertiary/aromatic N) is 3. The van der Waals surface area contributed by atoms with E-state index >= 15 is 0 Å². The van der Waals surface area contributed by atoms with Crippen molar-refractivity contribution < 1.29 is 37.3 Å². The molecule has 0 bridgehead atoms. The lowest BCUT2D eigenvalue weighted by molar-refractivity contribution is -0.208. The second-order valence-corrected chi connectivity index (χ2v) is 3.87. The first kappa shape index (κ1) is 16.9. The van der Waals surface area contributed by atoms with Gasteiger partial charge in [0, 0.05) is 0 Å². The smallest absolute Gasteiger partial charge is 0.416 e. The molecule has 1 rings (SSSR count). The zero-order valence-corrected chi connectivity index (χ0v) is 11.0. The molecule has 21 heavy (non-hydrogen) atoms. The van der Waals surface area contributed by atoms with E-state index < -0.39 is 42.9 Å². The van der Waals surface area contributed by atoms with Crippen molar-refractivity contribution in [2.75, 3.05) is 14.2 Å². The van der Waals surface area contributed by atoms with Gasteiger partial charge >= 0.3 is 18.1 Å². The maximum atomic E-state index is 12.3. The number of halogens is 3. The van der Waals surface area contributed by atoms with E-state index in [1.165, 1.54) is 0 Å². The Morgan fingerprint density at radius 2 is 1.95 bits per heavy atom. The van der Waals surface area contributed by atoms with E-state index in [0.717, 1.165) is 14.2 Å². The fourth-order valence-electron chi connectivity index (χ4n) is 1.39. The lowest BCUT2D eigenvalue weighted by Gasteiger charge is -2.15. The first-order valence-electron chi connectivity index (χ1n) is 5.53. The number of ether oxygens (including phenoxy) is 2. The molecule has 0 saturated carbocycles. The van der Waals surface area contributed by atoms with E-state index in [1.54, 1.807) is 0 Å². The second kappa shape index (κ2) is 6.52. The van der Waals surface area contributed by atoms with E-state index in [-0.39, 0.29) is 5.69 Å². The average molecular weight is 311 g/mol. The van der Waals surface area contributed by atoms with Gasteiger partial charge in [-0.25, -0.2) is 9.48 Å². The minimum absolute atomic E-state index is 0.239. The summed E-state index contributed by atoms with van der Waals surface area (Å²) in [6.45, 7) is -1.01. The van der Waals surface area contributed by atoms with Gasteiger partial charge in [-0.1, -0.05) is 5.21 Å². The first-order valence-corrected chi connectivity index (χ1v) is 5.53. The molecule has 118 valence electrons. The average Bonchev–Trinajstić information content (AvgIpc) is 2.79. The predicted molar refractivity (Wildman–Crippen MR) is 59.1 cm³/mol. The molecule has 0 spiro atoms. The summed E-state index contributed by atoms with van der Waals surface area (Å²) in [4.78, 5) is 22.7. The van der Waals surface area contributed by atoms with Crippen LogP contribution in [0.5, 0.6) is 0 Å². The molecule has 11 heteroatoms. The maximum Gasteiger partial charge on any atom is 0.416 e. The number of aromatic nitrogens is 3. The number of hydrogen-bond acceptors (Lipinski definition) is 7. The molecule has 0 aromatic carbocycles. The van der Waals surface area contributed by atoms with Crippen molar-refractivity contribution in [1.82, 2.24) is 15.0 Å². The molecule has 1 aromatic heterocycles. The van der Waals surface area contributed by atoms with Crippen molar-refractivity contribution in [3.05, 3.63) is 11.4 Å². The minimum Gasteiger partial charge on any atom is -0.469 e. The number of rotatable bonds is 5. The predicted octanol–water partition coefficient (Wildman–Crippen LogP) is -0.297. The lowest BCUT2D eigenvalue weighted by Crippen LogP contribution is -2.34. The van der Waals surface area contributed by atoms with Crippen molar-refractivity contribution in [1.29, 1.82) is 0 Å². The van der Waals surface area contributed by atoms with Crippen molar-refractivity contribution in [2.45, 2.75) is 25.2 Å². The lowest BCUT2D eigenvalue weighted by atomic mass is 10.2. The van der Waals surface area contributed by atoms with Crippen LogP contribution in [0, 0.1) is 0 Å². The normalized spacial score (nSPS) is 12.9. The third-order valence-corrected chi connectivity index (χ3v) is 2.48. The van der Waals surface area contributed by atoms with Crippen LogP contribution in [0.15, 0.2) is 0 Å². The van der Waals surface area contributed by atoms with Crippen molar-refractivity contribution in [2.24, 2.45) is 0 Å². The Hall–Kier alpha value is -2.17. The monoisotopic (exact) mass is 311 g/mol. The molecule has 0 fully saturated rings. The molecule has 8 nitrogen and oxygen atoms in total. The molecule has 1 atom stereocenters. The molecule has 0 amide bonds. The molecule has 0 aliphatic rings. The van der Waals surface area contributed by atoms with Crippen LogP contribution in [-0.2, 0) is 27.2 Å². The van der Waals surface area contributed by atoms with Gasteiger partial charge in [-0.2, -0.15) is 13.2 Å². The molecule has 1 unspecified atom stereocenters. The SMILES string of the molecule is COC(=O)Cc1c(C(=O)OC)nnn1CC(O)C(F)(F)F. The number of carbonyl (C=O) groups excluding carboxylic acids is 2. The zero-order chi connectivity index (χ0) is 16.2. The number of esters is 2. The number of carbonyl (C=O) groups is 2. The Morgan fingerprint density at radius 1 is 1.33 bits per heavy atom. The van der Waals surface area contributed by atoms with Crippen LogP contribution in [0.25, 0.3) is 0 Å². The Morgan fingerprint density at radius 3 is 2.43 bits per heavy atom. The highest BCUT2D eigenvalue weighted by Crippen LogP contribution is 2.22. The van der Waals surface area contributed by atoms with Gasteiger partial charge in [-0.3, -0.25) is 4.79 Å². The van der Waals surface area contributed by atoms with E-state index in [0.29, 0.717) is 4.68 Å². The summed E-state index contributed by atoms with van der Waals surface area (Å²) < 4.78 is 46.4. The van der Waals surface area contributed by atoms with Crippen LogP contribution in [0.3, 0.4) is 0 Å². The highest BCUT2D eigenvalue weighted by atomic mass is 19.4. The number of hydrogen-bond donors (Lipinski definition) is 1. The second-order valence-electron chi connectivity index (χ2n) is 3.87. The summed E-state index contributed by atoms with van der Waals surface area (Å²) in [6.07, 6.45) is -8.14. The van der Waals surface area contributed by atoms with E-state index in [1.807, 2.05) is 0 Å². The number of aliphatic hydroxyl groups is 1. The van der Waals surface area contributed by atoms with E-state index in [9.17, 15) is 22.8 Å². The third kappa shape index (κ3) is 4.15. The van der Waals surface area contributed by atoms with Crippen molar-refractivity contribution in [3.63, 3.8) is 0 Å². The summed E-state index contributed by atoms with van der Waals surface area (Å²) in [5, 5.41) is 15.7. The molecular formula is C10H12F3N3O5. The van der Waals surface area contributed by atoms with E-state index in [2.05, 4.69) is 19.8 Å². The van der Waals surface area contributed by atoms with E-state index in [4.69, 9.17) is 5.11 Å². The largest absolute Gasteiger partial charge is 0.469 e. The Balaban J connectivity index is 3.11. The Labute approximate surface area is 116 Å². The summed E-state index contributed by atoms with van der Waals surface area (Å²) in [7, 11) is 2.10. The van der Waals surface area contributed by atoms with Gasteiger partial charge in [0.25, 0.3) is 0 Å². The van der Waals surface area contributed by atoms with Crippen LogP contribution in [0.1, 0.15) is 16.2 Å². The fourth-order valence-corrected chi connectivity index (χ4v) is 1.39. The van der Waals surface area contributed by atoms with Crippen LogP contribution in [-0.4, -0.2) is 58.5 Å². The van der Waals surface area contributed by atoms with Crippen LogP contribution >= 0.6 is 0 Å². The van der Waals surface area contributed by atoms with Crippen molar-refractivity contribution in [3.8, 4) is 0 Å². The van der Waals surface area contributed by atoms with Gasteiger partial charge in [-0.05, 0) is 0 Å². The summed E-state index contributed by atoms with van der Waals surface area (Å²) in [5.41, 5.74) is -0.658. The van der Waals surface area contributed by atoms with Gasteiger partial charge in [0.1, 0.15) is 0 Å².